The highest BCUT2D eigenvalue weighted by atomic mass is 32.2. The fourth-order valence-corrected chi connectivity index (χ4v) is 7.09. The van der Waals surface area contributed by atoms with E-state index in [-0.39, 0.29) is 11.3 Å². The highest BCUT2D eigenvalue weighted by Gasteiger charge is 2.26. The first-order valence-corrected chi connectivity index (χ1v) is 19.5. The Kier molecular flexibility index (Phi) is 6.71. The van der Waals surface area contributed by atoms with E-state index in [4.69, 9.17) is 4.74 Å². The second-order valence-corrected chi connectivity index (χ2v) is 20.0. The molecule has 0 atom stereocenters. The van der Waals surface area contributed by atoms with E-state index in [0.717, 1.165) is 57.0 Å². The molecule has 0 bridgehead atoms. The third-order valence-corrected chi connectivity index (χ3v) is 10.2. The molecule has 0 aliphatic carbocycles. The Bertz CT molecular complexity index is 1970. The van der Waals surface area contributed by atoms with Crippen LogP contribution in [0.25, 0.3) is 32.9 Å². The van der Waals surface area contributed by atoms with Crippen LogP contribution in [0.2, 0.25) is 25.7 Å². The normalized spacial score (nSPS) is 13.6. The maximum Gasteiger partial charge on any atom is 0.274 e. The van der Waals surface area contributed by atoms with Crippen molar-refractivity contribution in [3.05, 3.63) is 76.5 Å². The molecule has 2 aromatic carbocycles. The van der Waals surface area contributed by atoms with Gasteiger partial charge in [-0.15, -0.1) is 0 Å². The summed E-state index contributed by atoms with van der Waals surface area (Å²) in [5.41, 5.74) is 6.86. The fourth-order valence-electron chi connectivity index (χ4n) is 5.55. The number of aromatic amines is 1. The molecule has 0 radical (unpaired) electrons. The highest BCUT2D eigenvalue weighted by Crippen LogP contribution is 2.44. The third-order valence-electron chi connectivity index (χ3n) is 7.63. The lowest BCUT2D eigenvalue weighted by molar-refractivity contribution is 0.0817. The summed E-state index contributed by atoms with van der Waals surface area (Å²) in [7, 11) is -2.65. The van der Waals surface area contributed by atoms with Crippen LogP contribution < -0.4 is 10.5 Å². The van der Waals surface area contributed by atoms with Gasteiger partial charge in [0, 0.05) is 73.7 Å². The maximum absolute atomic E-state index is 13.0. The Morgan fingerprint density at radius 3 is 2.66 bits per heavy atom. The lowest BCUT2D eigenvalue weighted by Crippen LogP contribution is -2.22. The van der Waals surface area contributed by atoms with Crippen LogP contribution in [0.4, 0.5) is 11.4 Å². The topological polar surface area (TPSA) is 102 Å². The van der Waals surface area contributed by atoms with E-state index in [2.05, 4.69) is 52.8 Å². The maximum atomic E-state index is 13.0. The Morgan fingerprint density at radius 1 is 1.10 bits per heavy atom. The minimum Gasteiger partial charge on any atom is -0.360 e. The number of rotatable bonds is 8. The zero-order valence-corrected chi connectivity index (χ0v) is 25.9. The lowest BCUT2D eigenvalue weighted by Gasteiger charge is -2.26. The van der Waals surface area contributed by atoms with Gasteiger partial charge in [0.1, 0.15) is 12.2 Å². The summed E-state index contributed by atoms with van der Waals surface area (Å²) in [6.07, 6.45) is 6.86. The molecule has 1 aliphatic heterocycles. The molecule has 1 N–H and O–H groups in total. The highest BCUT2D eigenvalue weighted by molar-refractivity contribution is 7.89. The summed E-state index contributed by atoms with van der Waals surface area (Å²) < 4.78 is 33.7. The van der Waals surface area contributed by atoms with Gasteiger partial charge in [0.25, 0.3) is 5.56 Å². The number of aromatic nitrogens is 4. The van der Waals surface area contributed by atoms with Crippen LogP contribution in [-0.2, 0) is 40.7 Å². The summed E-state index contributed by atoms with van der Waals surface area (Å²) in [6, 6.07) is 13.2. The zero-order valence-electron chi connectivity index (χ0n) is 24.1. The van der Waals surface area contributed by atoms with Gasteiger partial charge < -0.3 is 19.2 Å². The summed E-state index contributed by atoms with van der Waals surface area (Å²) in [5.74, 6) is -0.0552. The molecular weight excluding hydrogens is 555 g/mol. The van der Waals surface area contributed by atoms with Gasteiger partial charge in [-0.2, -0.15) is 5.10 Å². The number of nitrogens with one attached hydrogen (secondary N) is 1. The van der Waals surface area contributed by atoms with Gasteiger partial charge in [-0.1, -0.05) is 25.7 Å². The number of fused-ring (bicyclic) bond motifs is 3. The summed E-state index contributed by atoms with van der Waals surface area (Å²) in [4.78, 5) is 18.4. The molecule has 0 fully saturated rings. The van der Waals surface area contributed by atoms with Crippen LogP contribution in [0.5, 0.6) is 0 Å². The van der Waals surface area contributed by atoms with E-state index in [0.29, 0.717) is 24.4 Å². The van der Waals surface area contributed by atoms with Crippen LogP contribution in [0.3, 0.4) is 0 Å². The van der Waals surface area contributed by atoms with Crippen molar-refractivity contribution >= 4 is 51.1 Å². The minimum atomic E-state index is -3.23. The first-order valence-electron chi connectivity index (χ1n) is 13.7. The number of nitrogens with zero attached hydrogens (tertiary/aromatic N) is 4. The smallest absolute Gasteiger partial charge is 0.274 e. The molecule has 0 spiro atoms. The average molecular weight is 590 g/mol. The fraction of sp³-hybridized carbons (Fsp3) is 0.333. The van der Waals surface area contributed by atoms with Gasteiger partial charge >= 0.3 is 0 Å². The number of pyridine rings is 1. The lowest BCUT2D eigenvalue weighted by atomic mass is 9.99. The van der Waals surface area contributed by atoms with Gasteiger partial charge in [-0.25, -0.2) is 13.1 Å². The monoisotopic (exact) mass is 589 g/mol. The van der Waals surface area contributed by atoms with E-state index < -0.39 is 17.9 Å². The van der Waals surface area contributed by atoms with Crippen LogP contribution in [0, 0.1) is 0 Å². The second kappa shape index (κ2) is 10.0. The van der Waals surface area contributed by atoms with E-state index >= 15 is 0 Å². The second-order valence-electron chi connectivity index (χ2n) is 12.3. The molecule has 5 aromatic rings. The number of H-pyrrole nitrogens is 1. The third kappa shape index (κ3) is 5.36. The molecule has 6 rings (SSSR count). The van der Waals surface area contributed by atoms with E-state index in [9.17, 15) is 13.2 Å². The average Bonchev–Trinajstić information content (AvgIpc) is 3.47. The number of sulfone groups is 1. The molecule has 11 heteroatoms. The van der Waals surface area contributed by atoms with Gasteiger partial charge in [0.2, 0.25) is 0 Å². The predicted molar refractivity (Wildman–Crippen MR) is 167 cm³/mol. The van der Waals surface area contributed by atoms with Gasteiger partial charge in [-0.05, 0) is 47.5 Å². The largest absolute Gasteiger partial charge is 0.360 e. The van der Waals surface area contributed by atoms with Crippen molar-refractivity contribution in [2.75, 3.05) is 17.8 Å². The standard InChI is InChI=1S/C30H35N5O4SSi/c1-33-17-25-24-12-20(18-40(2,37)38)6-8-27(24)34(16-22-14-31-29(28(22)25)30(33)36)23-7-9-26-21(13-23)15-32-35(26)19-39-10-11-41(3,4)5/h6-9,12-15,17,31H,10-11,16,18-19H2,1-5H3. The number of ether oxygens (including phenoxy) is 1. The molecule has 0 saturated carbocycles. The number of benzene rings is 2. The van der Waals surface area contributed by atoms with Crippen molar-refractivity contribution in [1.82, 2.24) is 19.3 Å². The van der Waals surface area contributed by atoms with Gasteiger partial charge in [0.15, 0.2) is 9.84 Å². The number of hydrogen-bond acceptors (Lipinski definition) is 6. The SMILES string of the molecule is Cn1cc2c3c(c[nH]c3c1=O)CN(c1ccc3c(cnn3COCC[Si](C)(C)C)c1)c1ccc(CS(C)(=O)=O)cc1-2. The van der Waals surface area contributed by atoms with E-state index in [1.807, 2.05) is 41.5 Å². The Labute approximate surface area is 240 Å². The quantitative estimate of drug-likeness (QED) is 0.192. The molecule has 3 aromatic heterocycles. The summed E-state index contributed by atoms with van der Waals surface area (Å²) in [5, 5.41) is 6.46. The summed E-state index contributed by atoms with van der Waals surface area (Å²) in [6.45, 7) is 8.70. The molecule has 4 heterocycles. The minimum absolute atomic E-state index is 0.0552. The van der Waals surface area contributed by atoms with Crippen molar-refractivity contribution in [3.8, 4) is 11.1 Å². The van der Waals surface area contributed by atoms with Gasteiger partial charge in [0.05, 0.1) is 24.0 Å². The molecule has 0 unspecified atom stereocenters. The van der Waals surface area contributed by atoms with Crippen LogP contribution in [0.15, 0.2) is 59.8 Å². The number of anilines is 2. The van der Waals surface area contributed by atoms with Crippen molar-refractivity contribution in [2.45, 2.75) is 44.7 Å². The predicted octanol–water partition coefficient (Wildman–Crippen LogP) is 5.39. The molecule has 9 nitrogen and oxygen atoms in total. The molecule has 214 valence electrons. The molecule has 0 saturated heterocycles. The molecule has 1 aliphatic rings. The van der Waals surface area contributed by atoms with Crippen LogP contribution in [-0.4, -0.2) is 48.7 Å². The number of aryl methyl sites for hydroxylation is 1. The Hall–Kier alpha value is -3.67. The van der Waals surface area contributed by atoms with Crippen LogP contribution in [0.1, 0.15) is 11.1 Å². The van der Waals surface area contributed by atoms with Crippen molar-refractivity contribution in [3.63, 3.8) is 0 Å². The number of hydrogen-bond donors (Lipinski definition) is 1. The first kappa shape index (κ1) is 27.5. The van der Waals surface area contributed by atoms with E-state index in [1.54, 1.807) is 11.6 Å². The molecular formula is C30H35N5O4SSi. The van der Waals surface area contributed by atoms with Crippen molar-refractivity contribution < 1.29 is 13.2 Å². The zero-order chi connectivity index (χ0) is 29.1. The Balaban J connectivity index is 1.43. The Morgan fingerprint density at radius 2 is 1.90 bits per heavy atom. The summed E-state index contributed by atoms with van der Waals surface area (Å²) >= 11 is 0. The molecule has 41 heavy (non-hydrogen) atoms. The van der Waals surface area contributed by atoms with E-state index in [1.165, 1.54) is 6.26 Å². The molecule has 0 amide bonds. The van der Waals surface area contributed by atoms with Gasteiger partial charge in [-0.3, -0.25) is 4.79 Å². The first-order chi connectivity index (χ1) is 19.4. The van der Waals surface area contributed by atoms with Crippen molar-refractivity contribution in [1.29, 1.82) is 0 Å². The van der Waals surface area contributed by atoms with Crippen molar-refractivity contribution in [2.24, 2.45) is 7.05 Å². The van der Waals surface area contributed by atoms with Crippen LogP contribution >= 0.6 is 0 Å².